The molecule has 0 saturated heterocycles. The van der Waals surface area contributed by atoms with Crippen LogP contribution in [0, 0.1) is 0 Å². The first-order chi connectivity index (χ1) is 18.8. The van der Waals surface area contributed by atoms with Crippen LogP contribution in [0.25, 0.3) is 0 Å². The van der Waals surface area contributed by atoms with Gasteiger partial charge in [-0.3, -0.25) is 14.6 Å². The van der Waals surface area contributed by atoms with Crippen LogP contribution in [0.15, 0.2) is 100 Å². The molecule has 2 amide bonds. The molecule has 39 heavy (non-hydrogen) atoms. The molecule has 0 fully saturated rings. The lowest BCUT2D eigenvalue weighted by atomic mass is 9.97. The van der Waals surface area contributed by atoms with Gasteiger partial charge in [0.05, 0.1) is 10.7 Å². The molecule has 1 aromatic carbocycles. The number of carbonyl (C=O) groups is 2. The molecule has 0 spiro atoms. The number of hydrogen-bond donors (Lipinski definition) is 3. The van der Waals surface area contributed by atoms with Crippen LogP contribution in [0.4, 0.5) is 10.1 Å². The van der Waals surface area contributed by atoms with E-state index < -0.39 is 16.7 Å². The number of benzene rings is 1. The smallest absolute Gasteiger partial charge is 0.269 e. The lowest BCUT2D eigenvalue weighted by Crippen LogP contribution is -2.22. The molecular formula is C30H31FN4O3S. The lowest BCUT2D eigenvalue weighted by Gasteiger charge is -2.21. The van der Waals surface area contributed by atoms with E-state index in [0.29, 0.717) is 41.3 Å². The van der Waals surface area contributed by atoms with Crippen LogP contribution in [0.2, 0.25) is 0 Å². The third kappa shape index (κ3) is 6.80. The zero-order valence-corrected chi connectivity index (χ0v) is 22.7. The van der Waals surface area contributed by atoms with Crippen LogP contribution < -0.4 is 20.7 Å². The van der Waals surface area contributed by atoms with E-state index in [1.54, 1.807) is 47.9 Å². The molecule has 2 atom stereocenters. The van der Waals surface area contributed by atoms with Gasteiger partial charge in [-0.05, 0) is 72.7 Å². The average Bonchev–Trinajstić information content (AvgIpc) is 3.12. The number of ether oxygens (including phenoxy) is 1. The van der Waals surface area contributed by atoms with Gasteiger partial charge < -0.3 is 20.7 Å². The summed E-state index contributed by atoms with van der Waals surface area (Å²) in [6.45, 7) is 5.90. The summed E-state index contributed by atoms with van der Waals surface area (Å²) >= 11 is 0. The number of alkyl halides is 1. The molecular weight excluding hydrogens is 515 g/mol. The first-order valence-electron chi connectivity index (χ1n) is 12.4. The molecule has 1 aliphatic heterocycles. The highest BCUT2D eigenvalue weighted by molar-refractivity contribution is 8.19. The summed E-state index contributed by atoms with van der Waals surface area (Å²) in [6.07, 6.45) is 6.96. The van der Waals surface area contributed by atoms with Crippen LogP contribution >= 0.6 is 10.5 Å². The minimum absolute atomic E-state index is 0.246. The van der Waals surface area contributed by atoms with Crippen molar-refractivity contribution < 1.29 is 18.7 Å². The van der Waals surface area contributed by atoms with Crippen molar-refractivity contribution in [1.29, 1.82) is 0 Å². The normalized spacial score (nSPS) is 17.9. The number of carbonyl (C=O) groups excluding carboxylic acids is 2. The SMILES string of the molecule is C=CS(=C)C1=C(C)CCC(C(=O)Nc2ccc(Oc3ccnc(C(=O)NC)c3)cc2)=C(C2=CCC(F)C=C2)N1. The number of rotatable bonds is 8. The monoisotopic (exact) mass is 546 g/mol. The zero-order chi connectivity index (χ0) is 27.9. The highest BCUT2D eigenvalue weighted by Gasteiger charge is 2.24. The number of halogens is 1. The van der Waals surface area contributed by atoms with Crippen molar-refractivity contribution in [3.63, 3.8) is 0 Å². The maximum absolute atomic E-state index is 13.8. The number of amides is 2. The first-order valence-corrected chi connectivity index (χ1v) is 13.9. The van der Waals surface area contributed by atoms with Gasteiger partial charge in [-0.1, -0.05) is 24.6 Å². The Labute approximate surface area is 230 Å². The summed E-state index contributed by atoms with van der Waals surface area (Å²) in [5.74, 6) is 4.64. The number of pyridine rings is 1. The van der Waals surface area contributed by atoms with Gasteiger partial charge in [-0.15, -0.1) is 10.5 Å². The van der Waals surface area contributed by atoms with Crippen molar-refractivity contribution in [2.45, 2.75) is 32.4 Å². The minimum Gasteiger partial charge on any atom is -0.457 e. The van der Waals surface area contributed by atoms with Gasteiger partial charge in [0.1, 0.15) is 23.4 Å². The van der Waals surface area contributed by atoms with E-state index in [2.05, 4.69) is 33.4 Å². The summed E-state index contributed by atoms with van der Waals surface area (Å²) < 4.78 is 19.7. The number of aromatic nitrogens is 1. The molecule has 2 unspecified atom stereocenters. The molecule has 0 radical (unpaired) electrons. The number of anilines is 1. The van der Waals surface area contributed by atoms with E-state index in [0.717, 1.165) is 16.2 Å². The van der Waals surface area contributed by atoms with Crippen LogP contribution in [0.3, 0.4) is 0 Å². The van der Waals surface area contributed by atoms with Gasteiger partial charge in [-0.25, -0.2) is 4.39 Å². The molecule has 2 aromatic rings. The molecule has 0 saturated carbocycles. The minimum atomic E-state index is -1.03. The Bertz CT molecular complexity index is 1440. The predicted octanol–water partition coefficient (Wildman–Crippen LogP) is 6.11. The van der Waals surface area contributed by atoms with E-state index in [-0.39, 0.29) is 23.9 Å². The Morgan fingerprint density at radius 3 is 2.62 bits per heavy atom. The standard InChI is InChI=1S/C30H31FN4O3S/c1-5-39(4)30-19(2)6-15-25(27(35-30)20-7-9-21(31)10-8-20)28(36)34-22-11-13-23(14-12-22)38-24-16-17-33-26(18-24)29(37)32-3/h5,7-9,11-14,16-18,21,35H,1,4,6,10,15H2,2-3H3,(H,32,37)(H,34,36). The summed E-state index contributed by atoms with van der Waals surface area (Å²) in [6, 6.07) is 10.1. The fraction of sp³-hybridized carbons (Fsp3) is 0.200. The van der Waals surface area contributed by atoms with E-state index in [1.165, 1.54) is 19.3 Å². The number of hydrogen-bond acceptors (Lipinski definition) is 5. The van der Waals surface area contributed by atoms with Crippen LogP contribution in [0.5, 0.6) is 11.5 Å². The molecule has 2 aliphatic rings. The van der Waals surface area contributed by atoms with Crippen LogP contribution in [-0.2, 0) is 4.79 Å². The average molecular weight is 547 g/mol. The van der Waals surface area contributed by atoms with Gasteiger partial charge in [0.25, 0.3) is 11.8 Å². The third-order valence-electron chi connectivity index (χ3n) is 6.29. The second-order valence-electron chi connectivity index (χ2n) is 8.99. The first kappa shape index (κ1) is 27.8. The van der Waals surface area contributed by atoms with E-state index >= 15 is 0 Å². The highest BCUT2D eigenvalue weighted by Crippen LogP contribution is 2.35. The van der Waals surface area contributed by atoms with Crippen LogP contribution in [-0.4, -0.2) is 35.9 Å². The van der Waals surface area contributed by atoms with Crippen molar-refractivity contribution in [1.82, 2.24) is 15.6 Å². The maximum atomic E-state index is 13.8. The Morgan fingerprint density at radius 1 is 1.18 bits per heavy atom. The van der Waals surface area contributed by atoms with Crippen LogP contribution in [0.1, 0.15) is 36.7 Å². The predicted molar refractivity (Wildman–Crippen MR) is 157 cm³/mol. The van der Waals surface area contributed by atoms with Crippen molar-refractivity contribution >= 4 is 33.9 Å². The van der Waals surface area contributed by atoms with Crippen molar-refractivity contribution in [3.8, 4) is 11.5 Å². The van der Waals surface area contributed by atoms with E-state index in [1.807, 2.05) is 13.0 Å². The van der Waals surface area contributed by atoms with Gasteiger partial charge >= 0.3 is 0 Å². The molecule has 1 aliphatic carbocycles. The fourth-order valence-electron chi connectivity index (χ4n) is 4.15. The summed E-state index contributed by atoms with van der Waals surface area (Å²) in [5.41, 5.74) is 3.97. The second kappa shape index (κ2) is 12.5. The summed E-state index contributed by atoms with van der Waals surface area (Å²) in [4.78, 5) is 29.4. The van der Waals surface area contributed by atoms with Gasteiger partial charge in [0, 0.05) is 37.0 Å². The van der Waals surface area contributed by atoms with E-state index in [9.17, 15) is 14.0 Å². The molecule has 9 heteroatoms. The number of allylic oxidation sites excluding steroid dienone is 4. The third-order valence-corrected chi connectivity index (χ3v) is 7.67. The molecule has 1 aromatic heterocycles. The van der Waals surface area contributed by atoms with Crippen molar-refractivity contribution in [3.05, 3.63) is 106 Å². The highest BCUT2D eigenvalue weighted by atomic mass is 32.2. The molecule has 7 nitrogen and oxygen atoms in total. The Kier molecular flexibility index (Phi) is 8.93. The zero-order valence-electron chi connectivity index (χ0n) is 21.9. The molecule has 3 N–H and O–H groups in total. The maximum Gasteiger partial charge on any atom is 0.269 e. The topological polar surface area (TPSA) is 92.3 Å². The lowest BCUT2D eigenvalue weighted by molar-refractivity contribution is -0.113. The molecule has 202 valence electrons. The fourth-order valence-corrected chi connectivity index (χ4v) is 5.10. The summed E-state index contributed by atoms with van der Waals surface area (Å²) in [7, 11) is 1.06. The summed E-state index contributed by atoms with van der Waals surface area (Å²) in [5, 5.41) is 11.7. The number of nitrogens with one attached hydrogen (secondary N) is 3. The molecule has 2 heterocycles. The Morgan fingerprint density at radius 2 is 1.95 bits per heavy atom. The van der Waals surface area contributed by atoms with E-state index in [4.69, 9.17) is 4.74 Å². The Hall–Kier alpha value is -4.24. The quantitative estimate of drug-likeness (QED) is 0.348. The molecule has 0 bridgehead atoms. The van der Waals surface area contributed by atoms with Crippen molar-refractivity contribution in [2.75, 3.05) is 12.4 Å². The largest absolute Gasteiger partial charge is 0.457 e. The number of nitrogens with zero attached hydrogens (tertiary/aromatic N) is 1. The van der Waals surface area contributed by atoms with Gasteiger partial charge in [0.15, 0.2) is 0 Å². The van der Waals surface area contributed by atoms with Gasteiger partial charge in [-0.2, -0.15) is 0 Å². The Balaban J connectivity index is 1.55. The molecule has 4 rings (SSSR count). The van der Waals surface area contributed by atoms with Crippen molar-refractivity contribution in [2.24, 2.45) is 0 Å². The second-order valence-corrected chi connectivity index (χ2v) is 10.6. The van der Waals surface area contributed by atoms with Gasteiger partial charge in [0.2, 0.25) is 0 Å².